The minimum Gasteiger partial charge on any atom is -0.327 e. The van der Waals surface area contributed by atoms with Gasteiger partial charge in [-0.2, -0.15) is 0 Å². The molecule has 14 heavy (non-hydrogen) atoms. The fourth-order valence-corrected chi connectivity index (χ4v) is 2.19. The molecule has 0 bridgehead atoms. The lowest BCUT2D eigenvalue weighted by molar-refractivity contribution is 0.658. The third-order valence-corrected chi connectivity index (χ3v) is 3.32. The van der Waals surface area contributed by atoms with Crippen LogP contribution in [0.4, 0.5) is 0 Å². The molecule has 1 aromatic heterocycles. The predicted molar refractivity (Wildman–Crippen MR) is 56.3 cm³/mol. The number of thioether (sulfide) groups is 1. The van der Waals surface area contributed by atoms with E-state index in [9.17, 15) is 4.79 Å². The molecule has 2 rings (SSSR count). The average Bonchev–Trinajstić information content (AvgIpc) is 2.97. The van der Waals surface area contributed by atoms with Crippen molar-refractivity contribution in [2.24, 2.45) is 11.7 Å². The predicted octanol–water partition coefficient (Wildman–Crippen LogP) is 0.599. The molecule has 1 aliphatic rings. The van der Waals surface area contributed by atoms with Crippen LogP contribution in [0.25, 0.3) is 0 Å². The Morgan fingerprint density at radius 3 is 3.14 bits per heavy atom. The Hall–Kier alpha value is -0.810. The summed E-state index contributed by atoms with van der Waals surface area (Å²) in [4.78, 5) is 17.6. The second-order valence-corrected chi connectivity index (χ2v) is 4.56. The molecular weight excluding hydrogens is 198 g/mol. The van der Waals surface area contributed by atoms with E-state index in [1.54, 1.807) is 0 Å². The van der Waals surface area contributed by atoms with Crippen molar-refractivity contribution < 1.29 is 0 Å². The number of aromatic amines is 1. The number of hydrogen-bond acceptors (Lipinski definition) is 4. The number of nitrogens with one attached hydrogen (secondary N) is 1. The normalized spacial score (nSPS) is 18.1. The summed E-state index contributed by atoms with van der Waals surface area (Å²) in [5.74, 6) is 1.52. The zero-order chi connectivity index (χ0) is 9.97. The highest BCUT2D eigenvalue weighted by Crippen LogP contribution is 2.33. The molecule has 1 heterocycles. The molecular formula is C9H13N3OS. The molecule has 0 saturated heterocycles. The maximum absolute atomic E-state index is 10.9. The van der Waals surface area contributed by atoms with Gasteiger partial charge < -0.3 is 10.7 Å². The summed E-state index contributed by atoms with van der Waals surface area (Å²) in [6.07, 6.45) is 4.02. The first-order valence-electron chi connectivity index (χ1n) is 4.69. The highest BCUT2D eigenvalue weighted by molar-refractivity contribution is 7.99. The molecule has 0 spiro atoms. The fraction of sp³-hybridized carbons (Fsp3) is 0.556. The van der Waals surface area contributed by atoms with Gasteiger partial charge >= 0.3 is 0 Å². The second-order valence-electron chi connectivity index (χ2n) is 3.55. The molecule has 1 saturated carbocycles. The second kappa shape index (κ2) is 4.14. The third kappa shape index (κ3) is 2.59. The van der Waals surface area contributed by atoms with Crippen LogP contribution in [0, 0.1) is 5.92 Å². The van der Waals surface area contributed by atoms with E-state index >= 15 is 0 Å². The molecule has 0 radical (unpaired) electrons. The van der Waals surface area contributed by atoms with Gasteiger partial charge in [0.25, 0.3) is 5.56 Å². The smallest absolute Gasteiger partial charge is 0.251 e. The molecule has 1 aliphatic carbocycles. The Morgan fingerprint density at radius 2 is 2.50 bits per heavy atom. The molecule has 3 N–H and O–H groups in total. The Morgan fingerprint density at radius 1 is 1.71 bits per heavy atom. The highest BCUT2D eigenvalue weighted by Gasteiger charge is 2.28. The van der Waals surface area contributed by atoms with Crippen molar-refractivity contribution in [2.75, 3.05) is 5.75 Å². The molecule has 1 fully saturated rings. The van der Waals surface area contributed by atoms with Gasteiger partial charge in [-0.15, -0.1) is 0 Å². The average molecular weight is 211 g/mol. The van der Waals surface area contributed by atoms with Crippen LogP contribution >= 0.6 is 11.8 Å². The van der Waals surface area contributed by atoms with E-state index in [0.29, 0.717) is 11.1 Å². The molecule has 1 unspecified atom stereocenters. The van der Waals surface area contributed by atoms with Crippen molar-refractivity contribution >= 4 is 11.8 Å². The van der Waals surface area contributed by atoms with Gasteiger partial charge in [-0.1, -0.05) is 11.8 Å². The summed E-state index contributed by atoms with van der Waals surface area (Å²) >= 11 is 1.52. The zero-order valence-electron chi connectivity index (χ0n) is 7.77. The summed E-state index contributed by atoms with van der Waals surface area (Å²) in [5.41, 5.74) is 5.82. The van der Waals surface area contributed by atoms with Crippen molar-refractivity contribution in [3.8, 4) is 0 Å². The lowest BCUT2D eigenvalue weighted by atomic mass is 10.2. The highest BCUT2D eigenvalue weighted by atomic mass is 32.2. The van der Waals surface area contributed by atoms with E-state index < -0.39 is 0 Å². The van der Waals surface area contributed by atoms with Crippen LogP contribution in [0.15, 0.2) is 22.2 Å². The molecule has 1 atom stereocenters. The SMILES string of the molecule is NC(CSc1nccc(=O)[nH]1)C1CC1. The minimum absolute atomic E-state index is 0.109. The topological polar surface area (TPSA) is 71.8 Å². The van der Waals surface area contributed by atoms with Crippen molar-refractivity contribution in [2.45, 2.75) is 24.0 Å². The van der Waals surface area contributed by atoms with Crippen LogP contribution < -0.4 is 11.3 Å². The van der Waals surface area contributed by atoms with E-state index in [0.717, 1.165) is 5.75 Å². The maximum Gasteiger partial charge on any atom is 0.251 e. The molecule has 0 aliphatic heterocycles. The number of hydrogen-bond donors (Lipinski definition) is 2. The van der Waals surface area contributed by atoms with E-state index in [4.69, 9.17) is 5.73 Å². The third-order valence-electron chi connectivity index (χ3n) is 2.29. The zero-order valence-corrected chi connectivity index (χ0v) is 8.59. The molecule has 0 amide bonds. The van der Waals surface area contributed by atoms with Gasteiger partial charge in [0.2, 0.25) is 0 Å². The quantitative estimate of drug-likeness (QED) is 0.565. The summed E-state index contributed by atoms with van der Waals surface area (Å²) in [7, 11) is 0. The van der Waals surface area contributed by atoms with E-state index in [1.807, 2.05) is 0 Å². The van der Waals surface area contributed by atoms with Crippen molar-refractivity contribution in [3.05, 3.63) is 22.6 Å². The molecule has 1 aromatic rings. The standard InChI is InChI=1S/C9H13N3OS/c10-7(6-1-2-6)5-14-9-11-4-3-8(13)12-9/h3-4,6-7H,1-2,5,10H2,(H,11,12,13). The van der Waals surface area contributed by atoms with Gasteiger partial charge in [-0.25, -0.2) is 4.98 Å². The largest absolute Gasteiger partial charge is 0.327 e. The van der Waals surface area contributed by atoms with Gasteiger partial charge in [-0.05, 0) is 18.8 Å². The summed E-state index contributed by atoms with van der Waals surface area (Å²) in [5, 5.41) is 0.661. The van der Waals surface area contributed by atoms with Gasteiger partial charge in [0, 0.05) is 24.1 Å². The van der Waals surface area contributed by atoms with Crippen LogP contribution in [-0.2, 0) is 0 Å². The number of H-pyrrole nitrogens is 1. The summed E-state index contributed by atoms with van der Waals surface area (Å²) in [6.45, 7) is 0. The molecule has 0 aromatic carbocycles. The van der Waals surface area contributed by atoms with Crippen molar-refractivity contribution in [3.63, 3.8) is 0 Å². The monoisotopic (exact) mass is 211 g/mol. The molecule has 76 valence electrons. The van der Waals surface area contributed by atoms with Crippen molar-refractivity contribution in [1.82, 2.24) is 9.97 Å². The molecule has 5 heteroatoms. The van der Waals surface area contributed by atoms with Crippen molar-refractivity contribution in [1.29, 1.82) is 0 Å². The van der Waals surface area contributed by atoms with Crippen LogP contribution in [0.3, 0.4) is 0 Å². The Kier molecular flexibility index (Phi) is 2.88. The maximum atomic E-state index is 10.9. The first kappa shape index (κ1) is 9.73. The van der Waals surface area contributed by atoms with E-state index in [1.165, 1.54) is 36.9 Å². The summed E-state index contributed by atoms with van der Waals surface area (Å²) < 4.78 is 0. The number of nitrogens with zero attached hydrogens (tertiary/aromatic N) is 1. The number of nitrogens with two attached hydrogens (primary N) is 1. The Labute approximate surface area is 86.3 Å². The van der Waals surface area contributed by atoms with Crippen LogP contribution in [0.2, 0.25) is 0 Å². The summed E-state index contributed by atoms with van der Waals surface area (Å²) in [6, 6.07) is 1.65. The number of rotatable bonds is 4. The van der Waals surface area contributed by atoms with Gasteiger partial charge in [0.15, 0.2) is 5.16 Å². The number of aromatic nitrogens is 2. The van der Waals surface area contributed by atoms with Crippen LogP contribution in [0.1, 0.15) is 12.8 Å². The van der Waals surface area contributed by atoms with Gasteiger partial charge in [0.05, 0.1) is 0 Å². The van der Waals surface area contributed by atoms with Crippen LogP contribution in [0.5, 0.6) is 0 Å². The lowest BCUT2D eigenvalue weighted by Gasteiger charge is -2.07. The first-order valence-corrected chi connectivity index (χ1v) is 5.68. The first-order chi connectivity index (χ1) is 6.75. The van der Waals surface area contributed by atoms with Crippen LogP contribution in [-0.4, -0.2) is 21.8 Å². The fourth-order valence-electron chi connectivity index (χ4n) is 1.26. The molecule has 4 nitrogen and oxygen atoms in total. The Balaban J connectivity index is 1.87. The van der Waals surface area contributed by atoms with Gasteiger partial charge in [-0.3, -0.25) is 4.79 Å². The minimum atomic E-state index is -0.109. The van der Waals surface area contributed by atoms with E-state index in [-0.39, 0.29) is 11.6 Å². The van der Waals surface area contributed by atoms with Gasteiger partial charge in [0.1, 0.15) is 0 Å². The Bertz CT molecular complexity index is 361. The van der Waals surface area contributed by atoms with E-state index in [2.05, 4.69) is 9.97 Å². The lowest BCUT2D eigenvalue weighted by Crippen LogP contribution is -2.25.